The van der Waals surface area contributed by atoms with Gasteiger partial charge in [-0.15, -0.1) is 0 Å². The van der Waals surface area contributed by atoms with Crippen LogP contribution in [0.25, 0.3) is 33.5 Å². The molecule has 61 heavy (non-hydrogen) atoms. The van der Waals surface area contributed by atoms with E-state index in [0.717, 1.165) is 18.6 Å². The number of amides is 5. The van der Waals surface area contributed by atoms with Crippen LogP contribution in [0.3, 0.4) is 0 Å². The number of para-hydroxylation sites is 1. The van der Waals surface area contributed by atoms with Crippen molar-refractivity contribution in [2.24, 2.45) is 5.92 Å². The number of nitrogens with one attached hydrogen (secondary N) is 3. The van der Waals surface area contributed by atoms with Gasteiger partial charge in [0.1, 0.15) is 34.8 Å². The Balaban J connectivity index is 1.15. The van der Waals surface area contributed by atoms with Gasteiger partial charge in [-0.1, -0.05) is 49.3 Å². The fraction of sp³-hybridized carbons (Fsp3) is 0.476. The van der Waals surface area contributed by atoms with E-state index in [-0.39, 0.29) is 48.7 Å². The van der Waals surface area contributed by atoms with Gasteiger partial charge in [0.15, 0.2) is 5.82 Å². The molecule has 19 heteroatoms. The van der Waals surface area contributed by atoms with Crippen LogP contribution in [0.2, 0.25) is 0 Å². The van der Waals surface area contributed by atoms with Crippen LogP contribution in [-0.4, -0.2) is 101 Å². The molecule has 4 aromatic rings. The van der Waals surface area contributed by atoms with Crippen LogP contribution in [0.4, 0.5) is 18.0 Å². The first kappa shape index (κ1) is 42.0. The molecule has 3 N–H and O–H groups in total. The number of ether oxygens (including phenoxy) is 1. The molecule has 8 rings (SSSR count). The van der Waals surface area contributed by atoms with Gasteiger partial charge >= 0.3 is 12.2 Å². The van der Waals surface area contributed by atoms with Gasteiger partial charge in [0, 0.05) is 37.4 Å². The number of hydrogen-bond donors (Lipinski definition) is 3. The Kier molecular flexibility index (Phi) is 10.8. The monoisotopic (exact) mass is 865 g/mol. The van der Waals surface area contributed by atoms with Crippen molar-refractivity contribution in [3.05, 3.63) is 66.2 Å². The van der Waals surface area contributed by atoms with Crippen molar-refractivity contribution in [2.45, 2.75) is 99.4 Å². The second kappa shape index (κ2) is 15.6. The van der Waals surface area contributed by atoms with Crippen molar-refractivity contribution >= 4 is 55.8 Å². The largest absolute Gasteiger partial charge is 0.470 e. The van der Waals surface area contributed by atoms with E-state index >= 15 is 0 Å². The number of nitrogens with zero attached hydrogens (tertiary/aromatic N) is 4. The van der Waals surface area contributed by atoms with Gasteiger partial charge in [-0.3, -0.25) is 19.1 Å². The van der Waals surface area contributed by atoms with Crippen molar-refractivity contribution in [3.8, 4) is 17.3 Å². The highest BCUT2D eigenvalue weighted by molar-refractivity contribution is 7.91. The van der Waals surface area contributed by atoms with E-state index < -0.39 is 79.9 Å². The summed E-state index contributed by atoms with van der Waals surface area (Å²) in [5.41, 5.74) is -1.33. The molecule has 0 radical (unpaired) electrons. The molecule has 4 aliphatic rings. The molecule has 2 aromatic carbocycles. The van der Waals surface area contributed by atoms with Crippen LogP contribution in [0.5, 0.6) is 5.88 Å². The number of carbonyl (C=O) groups is 4. The first-order valence-electron chi connectivity index (χ1n) is 20.3. The quantitative estimate of drug-likeness (QED) is 0.202. The first-order chi connectivity index (χ1) is 28.9. The van der Waals surface area contributed by atoms with E-state index in [1.54, 1.807) is 31.2 Å². The molecule has 324 valence electrons. The van der Waals surface area contributed by atoms with E-state index in [1.807, 2.05) is 12.2 Å². The van der Waals surface area contributed by atoms with E-state index in [2.05, 4.69) is 25.3 Å². The number of hydrogen-bond acceptors (Lipinski definition) is 10. The third-order valence-electron chi connectivity index (χ3n) is 12.1. The van der Waals surface area contributed by atoms with Crippen LogP contribution >= 0.6 is 0 Å². The summed E-state index contributed by atoms with van der Waals surface area (Å²) in [6.07, 6.45) is 1.97. The number of benzene rings is 2. The van der Waals surface area contributed by atoms with Crippen molar-refractivity contribution in [2.75, 3.05) is 20.6 Å². The van der Waals surface area contributed by atoms with Gasteiger partial charge in [0.25, 0.3) is 11.8 Å². The summed E-state index contributed by atoms with van der Waals surface area (Å²) in [5.74, 6) is -2.72. The number of furan rings is 1. The number of urea groups is 1. The molecule has 5 amide bonds. The third-order valence-corrected chi connectivity index (χ3v) is 14.3. The predicted octanol–water partition coefficient (Wildman–Crippen LogP) is 5.44. The zero-order valence-electron chi connectivity index (χ0n) is 33.8. The molecule has 2 aromatic heterocycles. The summed E-state index contributed by atoms with van der Waals surface area (Å²) in [4.78, 5) is 67.9. The van der Waals surface area contributed by atoms with Crippen LogP contribution in [0, 0.1) is 5.92 Å². The lowest BCUT2D eigenvalue weighted by Crippen LogP contribution is -2.59. The normalized spacial score (nSPS) is 26.0. The maximum atomic E-state index is 14.6. The summed E-state index contributed by atoms with van der Waals surface area (Å²) < 4.78 is 80.6. The van der Waals surface area contributed by atoms with Gasteiger partial charge in [-0.2, -0.15) is 18.2 Å². The number of carbonyl (C=O) groups excluding carboxylic acids is 4. The standard InChI is InChI=1S/C42H46F3N7O8S/c1-40(19-20-40)61(57,58)50-38(55)41-22-26(41)11-7-5-4-6-8-13-29(46-39(56)51(2)3)37(54)52-23-27(21-30(52)35(53)49-41)59-36-33-32(28-12-9-10-14-31(28)60-33)47-34(48-36)24-15-17-25(18-16-24)42(43,44)45/h7,9-12,14-18,26-27,29-30H,4-6,8,13,19-23H2,1-3H3,(H,46,56)(H,49,53)(H,50,55)/b11-7-/t26-,27+,29-,30-,41+/m0/s1. The number of allylic oxidation sites excluding steroid dienone is 1. The van der Waals surface area contributed by atoms with Gasteiger partial charge in [-0.25, -0.2) is 18.2 Å². The SMILES string of the molecule is CN(C)C(=O)N[C@H]1CCCCC/C=C\[C@H]2C[C@@]2(C(=O)NS(=O)(=O)C2(C)CC2)NC(=O)[C@@H]2C[C@@H](Oc3nc(-c4ccc(C(F)(F)F)cc4)nc4c3oc3ccccc34)CN2C1=O. The molecule has 5 atom stereocenters. The zero-order valence-corrected chi connectivity index (χ0v) is 34.6. The molecular formula is C42H46F3N7O8S. The van der Waals surface area contributed by atoms with Gasteiger partial charge in [0.2, 0.25) is 27.4 Å². The van der Waals surface area contributed by atoms with Crippen molar-refractivity contribution in [1.29, 1.82) is 0 Å². The Labute approximate surface area is 349 Å². The van der Waals surface area contributed by atoms with Crippen LogP contribution < -0.4 is 20.1 Å². The number of rotatable bonds is 7. The summed E-state index contributed by atoms with van der Waals surface area (Å²) in [6, 6.07) is 8.52. The molecule has 0 spiro atoms. The van der Waals surface area contributed by atoms with Crippen LogP contribution in [0.15, 0.2) is 65.1 Å². The minimum atomic E-state index is -4.57. The number of alkyl halides is 3. The average molecular weight is 866 g/mol. The highest BCUT2D eigenvalue weighted by atomic mass is 32.2. The first-order valence-corrected chi connectivity index (χ1v) is 21.7. The third kappa shape index (κ3) is 8.23. The molecule has 3 fully saturated rings. The minimum Gasteiger partial charge on any atom is -0.470 e. The van der Waals surface area contributed by atoms with Gasteiger partial charge in [0.05, 0.1) is 16.9 Å². The Morgan fingerprint density at radius 3 is 2.48 bits per heavy atom. The van der Waals surface area contributed by atoms with E-state index in [4.69, 9.17) is 9.15 Å². The van der Waals surface area contributed by atoms with E-state index in [0.29, 0.717) is 48.6 Å². The highest BCUT2D eigenvalue weighted by Crippen LogP contribution is 2.48. The fourth-order valence-electron chi connectivity index (χ4n) is 7.97. The smallest absolute Gasteiger partial charge is 0.416 e. The average Bonchev–Trinajstić information content (AvgIpc) is 4.04. The lowest BCUT2D eigenvalue weighted by molar-refractivity contribution is -0.141. The lowest BCUT2D eigenvalue weighted by Gasteiger charge is -2.30. The summed E-state index contributed by atoms with van der Waals surface area (Å²) in [7, 11) is -0.988. The molecular weight excluding hydrogens is 820 g/mol. The summed E-state index contributed by atoms with van der Waals surface area (Å²) >= 11 is 0. The Bertz CT molecular complexity index is 2540. The second-order valence-corrected chi connectivity index (χ2v) is 19.0. The van der Waals surface area contributed by atoms with Crippen molar-refractivity contribution in [3.63, 3.8) is 0 Å². The maximum absolute atomic E-state index is 14.6. The minimum absolute atomic E-state index is 0.0340. The molecule has 0 bridgehead atoms. The number of sulfonamides is 1. The van der Waals surface area contributed by atoms with Crippen molar-refractivity contribution < 1.29 is 49.9 Å². The Hall–Kier alpha value is -5.72. The second-order valence-electron chi connectivity index (χ2n) is 16.8. The maximum Gasteiger partial charge on any atom is 0.416 e. The summed E-state index contributed by atoms with van der Waals surface area (Å²) in [5, 5.41) is 6.21. The van der Waals surface area contributed by atoms with E-state index in [1.165, 1.54) is 36.0 Å². The summed E-state index contributed by atoms with van der Waals surface area (Å²) in [6.45, 7) is 1.37. The molecule has 1 saturated heterocycles. The Morgan fingerprint density at radius 2 is 1.77 bits per heavy atom. The number of fused-ring (bicyclic) bond motifs is 5. The molecule has 4 heterocycles. The Morgan fingerprint density at radius 1 is 1.03 bits per heavy atom. The number of halogens is 3. The lowest BCUT2D eigenvalue weighted by atomic mass is 10.0. The topological polar surface area (TPSA) is 193 Å². The highest BCUT2D eigenvalue weighted by Gasteiger charge is 2.63. The zero-order chi connectivity index (χ0) is 43.5. The molecule has 15 nitrogen and oxygen atoms in total. The van der Waals surface area contributed by atoms with Crippen LogP contribution in [-0.2, 0) is 30.6 Å². The molecule has 2 saturated carbocycles. The van der Waals surface area contributed by atoms with Gasteiger partial charge < -0.3 is 29.6 Å². The van der Waals surface area contributed by atoms with Crippen molar-refractivity contribution in [1.82, 2.24) is 35.1 Å². The molecule has 2 aliphatic carbocycles. The molecule has 0 unspecified atom stereocenters. The fourth-order valence-corrected chi connectivity index (χ4v) is 9.28. The molecule has 2 aliphatic heterocycles. The van der Waals surface area contributed by atoms with E-state index in [9.17, 15) is 40.8 Å². The van der Waals surface area contributed by atoms with Crippen LogP contribution in [0.1, 0.15) is 70.3 Å². The van der Waals surface area contributed by atoms with Gasteiger partial charge in [-0.05, 0) is 69.7 Å². The predicted molar refractivity (Wildman–Crippen MR) is 216 cm³/mol. The number of aromatic nitrogens is 2.